The quantitative estimate of drug-likeness (QED) is 0.615. The van der Waals surface area contributed by atoms with E-state index in [1.54, 1.807) is 0 Å². The molecule has 0 aliphatic rings. The molecule has 0 aromatic carbocycles. The summed E-state index contributed by atoms with van der Waals surface area (Å²) in [6.07, 6.45) is 2.10. The van der Waals surface area contributed by atoms with Gasteiger partial charge in [0.25, 0.3) is 0 Å². The molecular weight excluding hydrogens is 198 g/mol. The Morgan fingerprint density at radius 3 is 2.93 bits per heavy atom. The van der Waals surface area contributed by atoms with Gasteiger partial charge in [-0.3, -0.25) is 4.57 Å². The Morgan fingerprint density at radius 1 is 1.40 bits per heavy atom. The summed E-state index contributed by atoms with van der Waals surface area (Å²) in [5.74, 6) is 0.273. The Kier molecular flexibility index (Phi) is 2.48. The van der Waals surface area contributed by atoms with Gasteiger partial charge in [0.1, 0.15) is 18.1 Å². The van der Waals surface area contributed by atoms with Gasteiger partial charge in [0.05, 0.1) is 6.33 Å². The summed E-state index contributed by atoms with van der Waals surface area (Å²) in [5.41, 5.74) is 6.50. The molecule has 4 N–H and O–H groups in total. The molecule has 0 amide bonds. The molecule has 0 fully saturated rings. The lowest BCUT2D eigenvalue weighted by molar-refractivity contribution is 0.0759. The number of nitrogen functional groups attached to an aromatic ring is 1. The molecule has 7 nitrogen and oxygen atoms in total. The van der Waals surface area contributed by atoms with E-state index >= 15 is 0 Å². The largest absolute Gasteiger partial charge is 0.396 e. The fourth-order valence-electron chi connectivity index (χ4n) is 1.34. The number of aromatic nitrogens is 4. The van der Waals surface area contributed by atoms with Crippen LogP contribution in [0.5, 0.6) is 0 Å². The van der Waals surface area contributed by atoms with Crippen molar-refractivity contribution >= 4 is 17.0 Å². The van der Waals surface area contributed by atoms with Crippen LogP contribution in [0, 0.1) is 0 Å². The molecule has 0 aliphatic heterocycles. The third kappa shape index (κ3) is 1.62. The van der Waals surface area contributed by atoms with E-state index in [0.717, 1.165) is 0 Å². The van der Waals surface area contributed by atoms with Gasteiger partial charge in [-0.1, -0.05) is 0 Å². The minimum Gasteiger partial charge on any atom is -0.396 e. The van der Waals surface area contributed by atoms with Crippen molar-refractivity contribution in [3.63, 3.8) is 0 Å². The molecule has 0 saturated carbocycles. The molecule has 80 valence electrons. The molecule has 0 saturated heterocycles. The lowest BCUT2D eigenvalue weighted by Crippen LogP contribution is -2.09. The van der Waals surface area contributed by atoms with Crippen molar-refractivity contribution in [3.8, 4) is 0 Å². The van der Waals surface area contributed by atoms with Gasteiger partial charge in [0, 0.05) is 13.0 Å². The van der Waals surface area contributed by atoms with Gasteiger partial charge in [-0.25, -0.2) is 15.0 Å². The van der Waals surface area contributed by atoms with Gasteiger partial charge >= 0.3 is 0 Å². The molecule has 2 aromatic rings. The van der Waals surface area contributed by atoms with Gasteiger partial charge < -0.3 is 15.9 Å². The van der Waals surface area contributed by atoms with Crippen LogP contribution in [-0.2, 0) is 0 Å². The molecule has 2 aromatic heterocycles. The third-order valence-corrected chi connectivity index (χ3v) is 2.10. The Balaban J connectivity index is 2.49. The fourth-order valence-corrected chi connectivity index (χ4v) is 1.34. The highest BCUT2D eigenvalue weighted by Crippen LogP contribution is 2.18. The van der Waals surface area contributed by atoms with E-state index in [1.165, 1.54) is 17.2 Å². The first kappa shape index (κ1) is 9.81. The van der Waals surface area contributed by atoms with Crippen molar-refractivity contribution in [1.29, 1.82) is 0 Å². The van der Waals surface area contributed by atoms with Gasteiger partial charge in [0.15, 0.2) is 11.5 Å². The van der Waals surface area contributed by atoms with Crippen molar-refractivity contribution in [2.24, 2.45) is 0 Å². The molecule has 0 bridgehead atoms. The molecular formula is C8H11N5O2. The molecule has 7 heteroatoms. The maximum atomic E-state index is 9.66. The first-order valence-electron chi connectivity index (χ1n) is 4.46. The number of imidazole rings is 1. The van der Waals surface area contributed by atoms with Gasteiger partial charge in [-0.15, -0.1) is 0 Å². The fraction of sp³-hybridized carbons (Fsp3) is 0.375. The number of hydrogen-bond acceptors (Lipinski definition) is 6. The molecule has 0 spiro atoms. The second-order valence-electron chi connectivity index (χ2n) is 3.08. The highest BCUT2D eigenvalue weighted by Gasteiger charge is 2.13. The number of nitrogens with two attached hydrogens (primary N) is 1. The molecule has 2 heterocycles. The van der Waals surface area contributed by atoms with E-state index in [1.807, 2.05) is 0 Å². The zero-order valence-corrected chi connectivity index (χ0v) is 7.91. The van der Waals surface area contributed by atoms with E-state index in [4.69, 9.17) is 10.8 Å². The molecule has 0 radical (unpaired) electrons. The van der Waals surface area contributed by atoms with Crippen LogP contribution in [0.4, 0.5) is 5.82 Å². The summed E-state index contributed by atoms with van der Waals surface area (Å²) < 4.78 is 1.45. The summed E-state index contributed by atoms with van der Waals surface area (Å²) in [4.78, 5) is 11.8. The Morgan fingerprint density at radius 2 is 2.20 bits per heavy atom. The first-order chi connectivity index (χ1) is 7.24. The number of nitrogens with zero attached hydrogens (tertiary/aromatic N) is 4. The van der Waals surface area contributed by atoms with Crippen LogP contribution in [0.25, 0.3) is 11.2 Å². The first-order valence-corrected chi connectivity index (χ1v) is 4.46. The summed E-state index contributed by atoms with van der Waals surface area (Å²) in [5, 5.41) is 18.4. The second kappa shape index (κ2) is 3.79. The van der Waals surface area contributed by atoms with Crippen molar-refractivity contribution in [2.75, 3.05) is 12.3 Å². The predicted octanol–water partition coefficient (Wildman–Crippen LogP) is -0.718. The van der Waals surface area contributed by atoms with Crippen LogP contribution in [0.3, 0.4) is 0 Å². The average molecular weight is 209 g/mol. The van der Waals surface area contributed by atoms with E-state index < -0.39 is 6.23 Å². The molecule has 0 aliphatic carbocycles. The number of fused-ring (bicyclic) bond motifs is 1. The van der Waals surface area contributed by atoms with Crippen molar-refractivity contribution in [3.05, 3.63) is 12.7 Å². The maximum Gasteiger partial charge on any atom is 0.167 e. The van der Waals surface area contributed by atoms with Gasteiger partial charge in [-0.05, 0) is 0 Å². The number of anilines is 1. The number of rotatable bonds is 3. The third-order valence-electron chi connectivity index (χ3n) is 2.10. The predicted molar refractivity (Wildman–Crippen MR) is 52.7 cm³/mol. The molecule has 15 heavy (non-hydrogen) atoms. The van der Waals surface area contributed by atoms with Crippen LogP contribution < -0.4 is 5.73 Å². The summed E-state index contributed by atoms with van der Waals surface area (Å²) in [7, 11) is 0. The number of aliphatic hydroxyl groups excluding tert-OH is 2. The van der Waals surface area contributed by atoms with Crippen molar-refractivity contribution < 1.29 is 10.2 Å². The van der Waals surface area contributed by atoms with E-state index in [2.05, 4.69) is 15.0 Å². The maximum absolute atomic E-state index is 9.66. The zero-order chi connectivity index (χ0) is 10.8. The van der Waals surface area contributed by atoms with Crippen molar-refractivity contribution in [1.82, 2.24) is 19.5 Å². The molecule has 1 atom stereocenters. The standard InChI is InChI=1S/C8H11N5O2/c9-7-6-8(11-3-10-7)13(4-12-6)5(15)1-2-14/h3-5,14-15H,1-2H2,(H2,9,10,11). The van der Waals surface area contributed by atoms with E-state index in [-0.39, 0.29) is 18.8 Å². The number of aliphatic hydroxyl groups is 2. The smallest absolute Gasteiger partial charge is 0.167 e. The Bertz CT molecular complexity index is 469. The summed E-state index contributed by atoms with van der Waals surface area (Å²) in [6.45, 7) is -0.110. The summed E-state index contributed by atoms with van der Waals surface area (Å²) in [6, 6.07) is 0. The lowest BCUT2D eigenvalue weighted by atomic mass is 10.4. The van der Waals surface area contributed by atoms with Crippen LogP contribution in [0.1, 0.15) is 12.6 Å². The highest BCUT2D eigenvalue weighted by atomic mass is 16.3. The Labute approximate surface area is 85.2 Å². The van der Waals surface area contributed by atoms with Crippen LogP contribution in [-0.4, -0.2) is 36.3 Å². The topological polar surface area (TPSA) is 110 Å². The number of hydrogen-bond donors (Lipinski definition) is 3. The van der Waals surface area contributed by atoms with Crippen molar-refractivity contribution in [2.45, 2.75) is 12.6 Å². The van der Waals surface area contributed by atoms with Gasteiger partial charge in [0.2, 0.25) is 0 Å². The Hall–Kier alpha value is -1.73. The van der Waals surface area contributed by atoms with Crippen LogP contribution >= 0.6 is 0 Å². The second-order valence-corrected chi connectivity index (χ2v) is 3.08. The molecule has 2 rings (SSSR count). The van der Waals surface area contributed by atoms with Gasteiger partial charge in [-0.2, -0.15) is 0 Å². The van der Waals surface area contributed by atoms with E-state index in [0.29, 0.717) is 11.2 Å². The average Bonchev–Trinajstić information content (AvgIpc) is 2.63. The monoisotopic (exact) mass is 209 g/mol. The van der Waals surface area contributed by atoms with Crippen LogP contribution in [0.15, 0.2) is 12.7 Å². The minimum absolute atomic E-state index is 0.110. The lowest BCUT2D eigenvalue weighted by Gasteiger charge is -2.10. The highest BCUT2D eigenvalue weighted by molar-refractivity contribution is 5.81. The zero-order valence-electron chi connectivity index (χ0n) is 7.91. The van der Waals surface area contributed by atoms with Crippen LogP contribution in [0.2, 0.25) is 0 Å². The normalized spacial score (nSPS) is 13.2. The SMILES string of the molecule is Nc1ncnc2c1ncn2C(O)CCO. The van der Waals surface area contributed by atoms with E-state index in [9.17, 15) is 5.11 Å². The minimum atomic E-state index is -0.853. The molecule has 1 unspecified atom stereocenters. The summed E-state index contributed by atoms with van der Waals surface area (Å²) >= 11 is 0.